The van der Waals surface area contributed by atoms with Crippen LogP contribution in [0, 0.1) is 6.92 Å². The minimum absolute atomic E-state index is 0.117. The van der Waals surface area contributed by atoms with Crippen LogP contribution in [0.3, 0.4) is 0 Å². The molecule has 0 bridgehead atoms. The lowest BCUT2D eigenvalue weighted by molar-refractivity contribution is -0.137. The lowest BCUT2D eigenvalue weighted by atomic mass is 10.1. The number of amides is 1. The topological polar surface area (TPSA) is 88.5 Å². The number of rotatable bonds is 4. The molecule has 0 aliphatic heterocycles. The molecule has 4 rings (SSSR count). The molecule has 4 aromatic rings. The first kappa shape index (κ1) is 19.9. The molecule has 11 heteroatoms. The molecule has 0 atom stereocenters. The number of nitrogens with zero attached hydrogens (tertiary/aromatic N) is 4. The van der Waals surface area contributed by atoms with E-state index in [1.54, 1.807) is 6.20 Å². The van der Waals surface area contributed by atoms with E-state index in [0.717, 1.165) is 17.7 Å². The molecule has 0 saturated carbocycles. The van der Waals surface area contributed by atoms with E-state index in [1.165, 1.54) is 18.3 Å². The number of halogens is 4. The Kier molecular flexibility index (Phi) is 4.94. The monoisotopic (exact) mass is 434 g/mol. The van der Waals surface area contributed by atoms with Gasteiger partial charge in [0.15, 0.2) is 0 Å². The number of H-pyrrole nitrogens is 1. The number of pyridine rings is 1. The van der Waals surface area contributed by atoms with Crippen LogP contribution in [0.2, 0.25) is 5.02 Å². The molecule has 7 nitrogen and oxygen atoms in total. The van der Waals surface area contributed by atoms with E-state index in [1.807, 2.05) is 17.7 Å². The first-order valence-corrected chi connectivity index (χ1v) is 9.09. The van der Waals surface area contributed by atoms with Crippen molar-refractivity contribution in [3.8, 4) is 0 Å². The maximum Gasteiger partial charge on any atom is 0.416 e. The normalized spacial score (nSPS) is 11.8. The fourth-order valence-electron chi connectivity index (χ4n) is 3.10. The number of nitrogens with one attached hydrogen (secondary N) is 2. The molecular formula is C19H14ClF3N6O. The molecule has 3 heterocycles. The van der Waals surface area contributed by atoms with Crippen molar-refractivity contribution in [2.45, 2.75) is 19.6 Å². The van der Waals surface area contributed by atoms with Gasteiger partial charge in [0, 0.05) is 29.7 Å². The third kappa shape index (κ3) is 3.73. The number of aromatic nitrogens is 5. The Morgan fingerprint density at radius 1 is 1.27 bits per heavy atom. The van der Waals surface area contributed by atoms with Crippen LogP contribution in [0.25, 0.3) is 11.0 Å². The summed E-state index contributed by atoms with van der Waals surface area (Å²) in [6, 6.07) is 4.15. The summed E-state index contributed by atoms with van der Waals surface area (Å²) in [6.07, 6.45) is 0.394. The van der Waals surface area contributed by atoms with Crippen molar-refractivity contribution < 1.29 is 18.0 Å². The van der Waals surface area contributed by atoms with Gasteiger partial charge in [0.05, 0.1) is 22.7 Å². The van der Waals surface area contributed by atoms with Gasteiger partial charge in [-0.3, -0.25) is 9.89 Å². The Balaban J connectivity index is 1.62. The summed E-state index contributed by atoms with van der Waals surface area (Å²) in [7, 11) is 0. The lowest BCUT2D eigenvalue weighted by Gasteiger charge is -2.10. The van der Waals surface area contributed by atoms with Gasteiger partial charge in [0.1, 0.15) is 11.3 Å². The maximum absolute atomic E-state index is 12.7. The quantitative estimate of drug-likeness (QED) is 0.497. The van der Waals surface area contributed by atoms with Gasteiger partial charge < -0.3 is 9.88 Å². The van der Waals surface area contributed by atoms with Crippen molar-refractivity contribution >= 4 is 34.2 Å². The van der Waals surface area contributed by atoms with Crippen molar-refractivity contribution in [2.75, 3.05) is 5.32 Å². The van der Waals surface area contributed by atoms with Crippen LogP contribution in [0.1, 0.15) is 27.2 Å². The van der Waals surface area contributed by atoms with Gasteiger partial charge in [-0.05, 0) is 36.8 Å². The summed E-state index contributed by atoms with van der Waals surface area (Å²) >= 11 is 6.49. The van der Waals surface area contributed by atoms with Crippen molar-refractivity contribution in [3.05, 3.63) is 70.3 Å². The number of hydrogen-bond acceptors (Lipinski definition) is 4. The van der Waals surface area contributed by atoms with Gasteiger partial charge in [-0.1, -0.05) is 16.8 Å². The Morgan fingerprint density at radius 2 is 2.00 bits per heavy atom. The standard InChI is InChI=1S/C19H14ClF3N6O/c1-10-8-29(9-13-6-25-28-27-13)17-15(10)16(20)14(7-24-17)18(30)26-12-4-2-11(3-5-12)19(21,22)23/h2-8H,9H2,1H3,(H,26,30)(H,25,27,28). The summed E-state index contributed by atoms with van der Waals surface area (Å²) < 4.78 is 39.9. The predicted octanol–water partition coefficient (Wildman–Crippen LogP) is 4.44. The Hall–Kier alpha value is -3.40. The Labute approximate surface area is 172 Å². The molecule has 2 N–H and O–H groups in total. The fourth-order valence-corrected chi connectivity index (χ4v) is 3.47. The Morgan fingerprint density at radius 3 is 2.63 bits per heavy atom. The first-order chi connectivity index (χ1) is 14.2. The molecule has 0 saturated heterocycles. The fraction of sp³-hybridized carbons (Fsp3) is 0.158. The van der Waals surface area contributed by atoms with E-state index >= 15 is 0 Å². The second-order valence-electron chi connectivity index (χ2n) is 6.62. The minimum Gasteiger partial charge on any atom is -0.326 e. The predicted molar refractivity (Wildman–Crippen MR) is 104 cm³/mol. The molecule has 0 aliphatic carbocycles. The van der Waals surface area contributed by atoms with Gasteiger partial charge in [-0.25, -0.2) is 4.98 Å². The van der Waals surface area contributed by atoms with E-state index in [9.17, 15) is 18.0 Å². The van der Waals surface area contributed by atoms with Gasteiger partial charge in [0.25, 0.3) is 5.91 Å². The van der Waals surface area contributed by atoms with E-state index < -0.39 is 17.6 Å². The third-order valence-corrected chi connectivity index (χ3v) is 4.92. The molecule has 0 fully saturated rings. The molecule has 3 aromatic heterocycles. The largest absolute Gasteiger partial charge is 0.416 e. The second kappa shape index (κ2) is 7.45. The van der Waals surface area contributed by atoms with Gasteiger partial charge >= 0.3 is 6.18 Å². The summed E-state index contributed by atoms with van der Waals surface area (Å²) in [6.45, 7) is 2.26. The highest BCUT2D eigenvalue weighted by Crippen LogP contribution is 2.32. The molecule has 0 spiro atoms. The second-order valence-corrected chi connectivity index (χ2v) is 7.00. The zero-order valence-electron chi connectivity index (χ0n) is 15.5. The van der Waals surface area contributed by atoms with Crippen molar-refractivity contribution in [2.24, 2.45) is 0 Å². The highest BCUT2D eigenvalue weighted by molar-refractivity contribution is 6.39. The summed E-state index contributed by atoms with van der Waals surface area (Å²) in [5, 5.41) is 13.6. The number of benzene rings is 1. The number of aromatic amines is 1. The van der Waals surface area contributed by atoms with Crippen LogP contribution in [-0.4, -0.2) is 30.9 Å². The van der Waals surface area contributed by atoms with Crippen molar-refractivity contribution in [3.63, 3.8) is 0 Å². The maximum atomic E-state index is 12.7. The van der Waals surface area contributed by atoms with E-state index in [-0.39, 0.29) is 16.3 Å². The van der Waals surface area contributed by atoms with Gasteiger partial charge in [-0.15, -0.1) is 5.10 Å². The van der Waals surface area contributed by atoms with Crippen molar-refractivity contribution in [1.29, 1.82) is 0 Å². The van der Waals surface area contributed by atoms with Crippen LogP contribution in [0.4, 0.5) is 18.9 Å². The number of carbonyl (C=O) groups is 1. The van der Waals surface area contributed by atoms with Crippen LogP contribution in [-0.2, 0) is 12.7 Å². The van der Waals surface area contributed by atoms with E-state index in [0.29, 0.717) is 23.3 Å². The van der Waals surface area contributed by atoms with E-state index in [4.69, 9.17) is 11.6 Å². The average molecular weight is 435 g/mol. The summed E-state index contributed by atoms with van der Waals surface area (Å²) in [5.41, 5.74) is 1.62. The van der Waals surface area contributed by atoms with Crippen LogP contribution < -0.4 is 5.32 Å². The summed E-state index contributed by atoms with van der Waals surface area (Å²) in [4.78, 5) is 17.0. The first-order valence-electron chi connectivity index (χ1n) is 8.72. The molecule has 0 unspecified atom stereocenters. The zero-order chi connectivity index (χ0) is 21.5. The van der Waals surface area contributed by atoms with Crippen LogP contribution >= 0.6 is 11.6 Å². The smallest absolute Gasteiger partial charge is 0.326 e. The van der Waals surface area contributed by atoms with Gasteiger partial charge in [-0.2, -0.15) is 13.2 Å². The van der Waals surface area contributed by atoms with Crippen molar-refractivity contribution in [1.82, 2.24) is 25.0 Å². The number of fused-ring (bicyclic) bond motifs is 1. The van der Waals surface area contributed by atoms with Crippen LogP contribution in [0.15, 0.2) is 42.9 Å². The Bertz CT molecular complexity index is 1220. The number of aryl methyl sites for hydroxylation is 1. The number of carbonyl (C=O) groups excluding carboxylic acids is 1. The molecule has 154 valence electrons. The molecule has 30 heavy (non-hydrogen) atoms. The lowest BCUT2D eigenvalue weighted by Crippen LogP contribution is -2.13. The summed E-state index contributed by atoms with van der Waals surface area (Å²) in [5.74, 6) is -0.571. The molecule has 0 aliphatic rings. The highest BCUT2D eigenvalue weighted by atomic mass is 35.5. The third-order valence-electron chi connectivity index (χ3n) is 4.53. The number of anilines is 1. The number of hydrogen-bond donors (Lipinski definition) is 2. The van der Waals surface area contributed by atoms with E-state index in [2.05, 4.69) is 25.7 Å². The van der Waals surface area contributed by atoms with Crippen LogP contribution in [0.5, 0.6) is 0 Å². The average Bonchev–Trinajstić information content (AvgIpc) is 3.30. The SMILES string of the molecule is Cc1cn(Cc2c[nH]nn2)c2ncc(C(=O)Nc3ccc(C(F)(F)F)cc3)c(Cl)c12. The molecule has 1 aromatic carbocycles. The minimum atomic E-state index is -4.45. The highest BCUT2D eigenvalue weighted by Gasteiger charge is 2.30. The number of alkyl halides is 3. The molecule has 1 amide bonds. The molecule has 0 radical (unpaired) electrons. The zero-order valence-corrected chi connectivity index (χ0v) is 16.2. The molecular weight excluding hydrogens is 421 g/mol. The van der Waals surface area contributed by atoms with Gasteiger partial charge in [0.2, 0.25) is 0 Å².